The normalized spacial score (nSPS) is 16.8. The molecule has 0 spiro atoms. The van der Waals surface area contributed by atoms with E-state index in [2.05, 4.69) is 41.1 Å². The molecule has 0 saturated carbocycles. The first-order chi connectivity index (χ1) is 8.79. The van der Waals surface area contributed by atoms with Gasteiger partial charge < -0.3 is 15.5 Å². The lowest BCUT2D eigenvalue weighted by molar-refractivity contribution is 0.234. The van der Waals surface area contributed by atoms with Crippen LogP contribution in [0.5, 0.6) is 0 Å². The molecule has 0 radical (unpaired) electrons. The van der Waals surface area contributed by atoms with E-state index in [0.717, 1.165) is 6.54 Å². The Morgan fingerprint density at radius 3 is 2.39 bits per heavy atom. The maximum atomic E-state index is 5.61. The van der Waals surface area contributed by atoms with Gasteiger partial charge in [-0.2, -0.15) is 0 Å². The average Bonchev–Trinajstić information content (AvgIpc) is 2.46. The summed E-state index contributed by atoms with van der Waals surface area (Å²) in [6, 6.07) is 8.57. The van der Waals surface area contributed by atoms with E-state index in [1.165, 1.54) is 50.1 Å². The first-order valence-electron chi connectivity index (χ1n) is 7.02. The van der Waals surface area contributed by atoms with E-state index in [-0.39, 0.29) is 0 Å². The summed E-state index contributed by atoms with van der Waals surface area (Å²) in [4.78, 5) is 4.91. The molecule has 0 atom stereocenters. The molecule has 0 bridgehead atoms. The van der Waals surface area contributed by atoms with Gasteiger partial charge in [0.1, 0.15) is 0 Å². The van der Waals surface area contributed by atoms with Gasteiger partial charge in [0.25, 0.3) is 0 Å². The molecule has 0 aliphatic carbocycles. The molecule has 3 heteroatoms. The zero-order chi connectivity index (χ0) is 12.8. The summed E-state index contributed by atoms with van der Waals surface area (Å²) in [5.74, 6) is 0. The minimum atomic E-state index is 0.623. The van der Waals surface area contributed by atoms with Crippen LogP contribution in [-0.4, -0.2) is 38.1 Å². The van der Waals surface area contributed by atoms with Crippen molar-refractivity contribution in [3.63, 3.8) is 0 Å². The molecule has 1 saturated heterocycles. The summed E-state index contributed by atoms with van der Waals surface area (Å²) in [5, 5.41) is 0. The van der Waals surface area contributed by atoms with Gasteiger partial charge in [-0.05, 0) is 43.6 Å². The molecule has 0 unspecified atom stereocenters. The summed E-state index contributed by atoms with van der Waals surface area (Å²) in [6.45, 7) is 5.45. The van der Waals surface area contributed by atoms with Gasteiger partial charge in [-0.15, -0.1) is 0 Å². The van der Waals surface area contributed by atoms with E-state index in [0.29, 0.717) is 6.54 Å². The van der Waals surface area contributed by atoms with E-state index in [1.54, 1.807) is 0 Å². The van der Waals surface area contributed by atoms with E-state index >= 15 is 0 Å². The Kier molecular flexibility index (Phi) is 5.02. The molecule has 100 valence electrons. The molecule has 1 aromatic rings. The molecule has 0 amide bonds. The fourth-order valence-electron chi connectivity index (χ4n) is 2.49. The van der Waals surface area contributed by atoms with Crippen LogP contribution >= 0.6 is 0 Å². The lowest BCUT2D eigenvalue weighted by atomic mass is 10.1. The first kappa shape index (κ1) is 13.4. The largest absolute Gasteiger partial charge is 0.373 e. The number of hydrogen-bond acceptors (Lipinski definition) is 3. The topological polar surface area (TPSA) is 32.5 Å². The number of likely N-dealkylation sites (tertiary alicyclic amines) is 1. The van der Waals surface area contributed by atoms with Gasteiger partial charge in [-0.1, -0.05) is 18.6 Å². The second kappa shape index (κ2) is 6.76. The summed E-state index contributed by atoms with van der Waals surface area (Å²) >= 11 is 0. The third-order valence-corrected chi connectivity index (χ3v) is 3.81. The lowest BCUT2D eigenvalue weighted by Gasteiger charge is -2.29. The maximum absolute atomic E-state index is 5.61. The molecule has 18 heavy (non-hydrogen) atoms. The van der Waals surface area contributed by atoms with Crippen molar-refractivity contribution in [3.8, 4) is 0 Å². The summed E-state index contributed by atoms with van der Waals surface area (Å²) in [5.41, 5.74) is 8.09. The Bertz CT molecular complexity index is 341. The Balaban J connectivity index is 1.80. The van der Waals surface area contributed by atoms with Crippen LogP contribution in [0.4, 0.5) is 5.69 Å². The lowest BCUT2D eigenvalue weighted by Crippen LogP contribution is -2.36. The second-order valence-corrected chi connectivity index (χ2v) is 5.19. The fourth-order valence-corrected chi connectivity index (χ4v) is 2.49. The van der Waals surface area contributed by atoms with Gasteiger partial charge in [0.2, 0.25) is 0 Å². The van der Waals surface area contributed by atoms with Crippen molar-refractivity contribution in [3.05, 3.63) is 29.8 Å². The molecule has 1 aromatic carbocycles. The van der Waals surface area contributed by atoms with Crippen molar-refractivity contribution in [2.45, 2.75) is 25.8 Å². The van der Waals surface area contributed by atoms with Crippen LogP contribution in [0.15, 0.2) is 24.3 Å². The van der Waals surface area contributed by atoms with Crippen molar-refractivity contribution < 1.29 is 0 Å². The van der Waals surface area contributed by atoms with Gasteiger partial charge in [0.15, 0.2) is 0 Å². The predicted molar refractivity (Wildman–Crippen MR) is 77.9 cm³/mol. The molecular formula is C15H25N3. The number of nitrogens with two attached hydrogens (primary N) is 1. The quantitative estimate of drug-likeness (QED) is 0.864. The SMILES string of the molecule is CN(CCN1CCCCC1)c1ccc(CN)cc1. The van der Waals surface area contributed by atoms with Crippen molar-refractivity contribution in [1.82, 2.24) is 4.90 Å². The monoisotopic (exact) mass is 247 g/mol. The van der Waals surface area contributed by atoms with Gasteiger partial charge in [-0.3, -0.25) is 0 Å². The van der Waals surface area contributed by atoms with Crippen LogP contribution < -0.4 is 10.6 Å². The highest BCUT2D eigenvalue weighted by atomic mass is 15.2. The standard InChI is InChI=1S/C15H25N3/c1-17(11-12-18-9-3-2-4-10-18)15-7-5-14(13-16)6-8-15/h5-8H,2-4,9-13,16H2,1H3. The summed E-state index contributed by atoms with van der Waals surface area (Å²) < 4.78 is 0. The minimum Gasteiger partial charge on any atom is -0.373 e. The van der Waals surface area contributed by atoms with Crippen molar-refractivity contribution in [2.75, 3.05) is 38.1 Å². The molecular weight excluding hydrogens is 222 g/mol. The highest BCUT2D eigenvalue weighted by molar-refractivity contribution is 5.46. The maximum Gasteiger partial charge on any atom is 0.0364 e. The molecule has 2 N–H and O–H groups in total. The number of piperidine rings is 1. The second-order valence-electron chi connectivity index (χ2n) is 5.19. The smallest absolute Gasteiger partial charge is 0.0364 e. The van der Waals surface area contributed by atoms with Gasteiger partial charge in [0.05, 0.1) is 0 Å². The molecule has 1 aliphatic rings. The Labute approximate surface area is 111 Å². The Morgan fingerprint density at radius 2 is 1.78 bits per heavy atom. The molecule has 0 aromatic heterocycles. The molecule has 1 fully saturated rings. The average molecular weight is 247 g/mol. The number of benzene rings is 1. The van der Waals surface area contributed by atoms with Crippen LogP contribution in [0.25, 0.3) is 0 Å². The number of hydrogen-bond donors (Lipinski definition) is 1. The number of anilines is 1. The highest BCUT2D eigenvalue weighted by Gasteiger charge is 2.10. The Hall–Kier alpha value is -1.06. The van der Waals surface area contributed by atoms with Crippen LogP contribution in [0, 0.1) is 0 Å². The third kappa shape index (κ3) is 3.72. The molecule has 2 rings (SSSR count). The van der Waals surface area contributed by atoms with Gasteiger partial charge in [0, 0.05) is 32.4 Å². The predicted octanol–water partition coefficient (Wildman–Crippen LogP) is 2.07. The number of rotatable bonds is 5. The van der Waals surface area contributed by atoms with E-state index in [1.807, 2.05) is 0 Å². The molecule has 3 nitrogen and oxygen atoms in total. The zero-order valence-electron chi connectivity index (χ0n) is 11.4. The summed E-state index contributed by atoms with van der Waals surface area (Å²) in [7, 11) is 2.17. The van der Waals surface area contributed by atoms with Gasteiger partial charge >= 0.3 is 0 Å². The molecule has 1 aliphatic heterocycles. The summed E-state index contributed by atoms with van der Waals surface area (Å²) in [6.07, 6.45) is 4.15. The van der Waals surface area contributed by atoms with E-state index < -0.39 is 0 Å². The van der Waals surface area contributed by atoms with E-state index in [4.69, 9.17) is 5.73 Å². The van der Waals surface area contributed by atoms with Crippen molar-refractivity contribution in [2.24, 2.45) is 5.73 Å². The first-order valence-corrected chi connectivity index (χ1v) is 7.02. The number of likely N-dealkylation sites (N-methyl/N-ethyl adjacent to an activating group) is 1. The van der Waals surface area contributed by atoms with Crippen LogP contribution in [-0.2, 0) is 6.54 Å². The van der Waals surface area contributed by atoms with Gasteiger partial charge in [-0.25, -0.2) is 0 Å². The minimum absolute atomic E-state index is 0.623. The van der Waals surface area contributed by atoms with Crippen LogP contribution in [0.3, 0.4) is 0 Å². The van der Waals surface area contributed by atoms with E-state index in [9.17, 15) is 0 Å². The van der Waals surface area contributed by atoms with Crippen LogP contribution in [0.2, 0.25) is 0 Å². The highest BCUT2D eigenvalue weighted by Crippen LogP contribution is 2.14. The zero-order valence-corrected chi connectivity index (χ0v) is 11.4. The fraction of sp³-hybridized carbons (Fsp3) is 0.600. The third-order valence-electron chi connectivity index (χ3n) is 3.81. The number of nitrogens with zero attached hydrogens (tertiary/aromatic N) is 2. The van der Waals surface area contributed by atoms with Crippen LogP contribution in [0.1, 0.15) is 24.8 Å². The van der Waals surface area contributed by atoms with Crippen molar-refractivity contribution >= 4 is 5.69 Å². The molecule has 1 heterocycles. The van der Waals surface area contributed by atoms with Crippen molar-refractivity contribution in [1.29, 1.82) is 0 Å². The Morgan fingerprint density at radius 1 is 1.11 bits per heavy atom.